The second-order valence-corrected chi connectivity index (χ2v) is 8.19. The van der Waals surface area contributed by atoms with E-state index in [0.29, 0.717) is 19.6 Å². The van der Waals surface area contributed by atoms with E-state index >= 15 is 0 Å². The van der Waals surface area contributed by atoms with Crippen molar-refractivity contribution >= 4 is 28.4 Å². The highest BCUT2D eigenvalue weighted by atomic mass is 32.1. The average molecular weight is 398 g/mol. The second-order valence-electron chi connectivity index (χ2n) is 7.21. The Bertz CT molecular complexity index is 914. The molecule has 7 heteroatoms. The average Bonchev–Trinajstić information content (AvgIpc) is 3.44. The van der Waals surface area contributed by atoms with E-state index in [1.54, 1.807) is 11.3 Å². The van der Waals surface area contributed by atoms with Crippen LogP contribution in [0.2, 0.25) is 0 Å². The van der Waals surface area contributed by atoms with Crippen LogP contribution in [0.5, 0.6) is 0 Å². The van der Waals surface area contributed by atoms with E-state index in [-0.39, 0.29) is 12.1 Å². The van der Waals surface area contributed by atoms with Gasteiger partial charge in [0.05, 0.1) is 17.1 Å². The lowest BCUT2D eigenvalue weighted by Gasteiger charge is -2.27. The van der Waals surface area contributed by atoms with Crippen molar-refractivity contribution in [1.29, 1.82) is 0 Å². The van der Waals surface area contributed by atoms with E-state index in [0.717, 1.165) is 29.9 Å². The summed E-state index contributed by atoms with van der Waals surface area (Å²) in [7, 11) is 0. The number of carbonyl (C=O) groups excluding carboxylic acids is 1. The van der Waals surface area contributed by atoms with Crippen molar-refractivity contribution in [3.05, 3.63) is 52.5 Å². The number of aromatic nitrogens is 2. The maximum Gasteiger partial charge on any atom is 0.314 e. The zero-order valence-electron chi connectivity index (χ0n) is 16.2. The van der Waals surface area contributed by atoms with Crippen molar-refractivity contribution in [2.45, 2.75) is 32.4 Å². The molecule has 0 bridgehead atoms. The quantitative estimate of drug-likeness (QED) is 0.641. The third-order valence-electron chi connectivity index (χ3n) is 5.38. The molecule has 1 aliphatic heterocycles. The number of aryl methyl sites for hydroxylation is 1. The summed E-state index contributed by atoms with van der Waals surface area (Å²) in [6.07, 6.45) is 2.48. The molecule has 1 aliphatic rings. The number of carbonyl (C=O) groups is 1. The maximum atomic E-state index is 12.3. The van der Waals surface area contributed by atoms with Gasteiger partial charge in [0.25, 0.3) is 0 Å². The van der Waals surface area contributed by atoms with Crippen molar-refractivity contribution in [1.82, 2.24) is 25.1 Å². The fourth-order valence-corrected chi connectivity index (χ4v) is 4.82. The lowest BCUT2D eigenvalue weighted by atomic mass is 10.2. The molecule has 3 heterocycles. The lowest BCUT2D eigenvalue weighted by Crippen LogP contribution is -2.42. The van der Waals surface area contributed by atoms with Gasteiger partial charge in [-0.05, 0) is 56.4 Å². The molecule has 4 rings (SSSR count). The molecule has 1 saturated heterocycles. The molecule has 1 aromatic carbocycles. The Morgan fingerprint density at radius 2 is 2.00 bits per heavy atom. The minimum atomic E-state index is -0.108. The molecule has 2 amide bonds. The highest BCUT2D eigenvalue weighted by Crippen LogP contribution is 2.27. The molecule has 2 aromatic heterocycles. The Hall–Kier alpha value is -2.38. The highest BCUT2D eigenvalue weighted by molar-refractivity contribution is 7.10. The van der Waals surface area contributed by atoms with Crippen LogP contribution in [-0.4, -0.2) is 46.7 Å². The van der Waals surface area contributed by atoms with Crippen molar-refractivity contribution in [3.63, 3.8) is 0 Å². The molecule has 1 unspecified atom stereocenters. The summed E-state index contributed by atoms with van der Waals surface area (Å²) in [5.41, 5.74) is 2.10. The molecule has 1 fully saturated rings. The smallest absolute Gasteiger partial charge is 0.314 e. The highest BCUT2D eigenvalue weighted by Gasteiger charge is 2.24. The Labute approximate surface area is 169 Å². The summed E-state index contributed by atoms with van der Waals surface area (Å²) in [6, 6.07) is 12.5. The number of para-hydroxylation sites is 2. The van der Waals surface area contributed by atoms with Gasteiger partial charge in [-0.2, -0.15) is 0 Å². The second kappa shape index (κ2) is 8.75. The van der Waals surface area contributed by atoms with Crippen LogP contribution >= 0.6 is 11.3 Å². The van der Waals surface area contributed by atoms with Gasteiger partial charge < -0.3 is 15.2 Å². The van der Waals surface area contributed by atoms with Crippen molar-refractivity contribution < 1.29 is 4.79 Å². The van der Waals surface area contributed by atoms with Crippen molar-refractivity contribution in [2.24, 2.45) is 0 Å². The summed E-state index contributed by atoms with van der Waals surface area (Å²) in [5, 5.41) is 8.17. The van der Waals surface area contributed by atoms with Crippen LogP contribution in [0.15, 0.2) is 41.8 Å². The van der Waals surface area contributed by atoms with E-state index in [1.165, 1.54) is 17.7 Å². The summed E-state index contributed by atoms with van der Waals surface area (Å²) in [4.78, 5) is 20.7. The minimum absolute atomic E-state index is 0.108. The van der Waals surface area contributed by atoms with E-state index < -0.39 is 0 Å². The van der Waals surface area contributed by atoms with Gasteiger partial charge in [-0.15, -0.1) is 11.3 Å². The number of benzene rings is 1. The van der Waals surface area contributed by atoms with Crippen molar-refractivity contribution in [2.75, 3.05) is 26.2 Å². The molecule has 6 nitrogen and oxygen atoms in total. The van der Waals surface area contributed by atoms with Crippen LogP contribution in [0, 0.1) is 6.92 Å². The summed E-state index contributed by atoms with van der Waals surface area (Å²) in [6.45, 7) is 6.14. The number of rotatable bonds is 7. The third-order valence-corrected chi connectivity index (χ3v) is 6.35. The van der Waals surface area contributed by atoms with E-state index in [9.17, 15) is 4.79 Å². The van der Waals surface area contributed by atoms with Gasteiger partial charge in [-0.3, -0.25) is 4.90 Å². The maximum absolute atomic E-state index is 12.3. The van der Waals surface area contributed by atoms with Gasteiger partial charge in [0.1, 0.15) is 5.82 Å². The molecular weight excluding hydrogens is 370 g/mol. The normalized spacial score (nSPS) is 15.8. The minimum Gasteiger partial charge on any atom is -0.336 e. The van der Waals surface area contributed by atoms with Crippen LogP contribution in [0.3, 0.4) is 0 Å². The first-order valence-corrected chi connectivity index (χ1v) is 10.8. The first-order valence-electron chi connectivity index (χ1n) is 9.93. The number of nitrogens with zero attached hydrogens (tertiary/aromatic N) is 3. The Balaban J connectivity index is 1.29. The van der Waals surface area contributed by atoms with Crippen LogP contribution in [0.4, 0.5) is 4.79 Å². The van der Waals surface area contributed by atoms with Gasteiger partial charge in [0, 0.05) is 24.5 Å². The molecule has 28 heavy (non-hydrogen) atoms. The molecule has 2 N–H and O–H groups in total. The van der Waals surface area contributed by atoms with E-state index in [2.05, 4.69) is 48.7 Å². The number of fused-ring (bicyclic) bond motifs is 1. The van der Waals surface area contributed by atoms with Gasteiger partial charge in [-0.25, -0.2) is 9.78 Å². The zero-order chi connectivity index (χ0) is 19.3. The number of hydrogen-bond donors (Lipinski definition) is 2. The van der Waals surface area contributed by atoms with Crippen molar-refractivity contribution in [3.8, 4) is 0 Å². The molecular formula is C21H27N5OS. The predicted octanol–water partition coefficient (Wildman–Crippen LogP) is 3.54. The Morgan fingerprint density at radius 3 is 2.79 bits per heavy atom. The summed E-state index contributed by atoms with van der Waals surface area (Å²) < 4.78 is 2.15. The van der Waals surface area contributed by atoms with E-state index in [4.69, 9.17) is 0 Å². The SMILES string of the molecule is Cc1nc2ccccc2n1CCNC(=O)NCC(c1cccs1)N1CCCC1. The van der Waals surface area contributed by atoms with Gasteiger partial charge in [0.2, 0.25) is 0 Å². The largest absolute Gasteiger partial charge is 0.336 e. The summed E-state index contributed by atoms with van der Waals surface area (Å²) in [5.74, 6) is 0.968. The Kier molecular flexibility index (Phi) is 5.92. The molecule has 0 spiro atoms. The van der Waals surface area contributed by atoms with Gasteiger partial charge in [-0.1, -0.05) is 18.2 Å². The zero-order valence-corrected chi connectivity index (χ0v) is 17.0. The number of likely N-dealkylation sites (tertiary alicyclic amines) is 1. The molecule has 1 atom stereocenters. The topological polar surface area (TPSA) is 62.2 Å². The standard InChI is InChI=1S/C21H27N5OS/c1-16-24-17-7-2-3-8-18(17)26(16)13-10-22-21(27)23-15-19(20-9-6-14-28-20)25-11-4-5-12-25/h2-3,6-9,14,19H,4-5,10-13,15H2,1H3,(H2,22,23,27). The first kappa shape index (κ1) is 19.0. The van der Waals surface area contributed by atoms with Crippen LogP contribution in [-0.2, 0) is 6.54 Å². The fraction of sp³-hybridized carbons (Fsp3) is 0.429. The molecule has 0 saturated carbocycles. The number of amides is 2. The number of thiophene rings is 1. The lowest BCUT2D eigenvalue weighted by molar-refractivity contribution is 0.222. The van der Waals surface area contributed by atoms with Gasteiger partial charge >= 0.3 is 6.03 Å². The first-order chi connectivity index (χ1) is 13.7. The number of hydrogen-bond acceptors (Lipinski definition) is 4. The van der Waals surface area contributed by atoms with Crippen LogP contribution in [0.1, 0.15) is 29.6 Å². The summed E-state index contributed by atoms with van der Waals surface area (Å²) >= 11 is 1.76. The third kappa shape index (κ3) is 4.20. The van der Waals surface area contributed by atoms with Crippen LogP contribution in [0.25, 0.3) is 11.0 Å². The van der Waals surface area contributed by atoms with E-state index in [1.807, 2.05) is 25.1 Å². The van der Waals surface area contributed by atoms with Gasteiger partial charge in [0.15, 0.2) is 0 Å². The fourth-order valence-electron chi connectivity index (χ4n) is 3.96. The number of urea groups is 1. The number of nitrogens with one attached hydrogen (secondary N) is 2. The molecule has 0 radical (unpaired) electrons. The Morgan fingerprint density at radius 1 is 1.18 bits per heavy atom. The molecule has 0 aliphatic carbocycles. The predicted molar refractivity (Wildman–Crippen MR) is 114 cm³/mol. The van der Waals surface area contributed by atoms with Crippen LogP contribution < -0.4 is 10.6 Å². The molecule has 148 valence electrons. The number of imidazole rings is 1. The monoisotopic (exact) mass is 397 g/mol. The molecule has 3 aromatic rings.